The summed E-state index contributed by atoms with van der Waals surface area (Å²) in [4.78, 5) is 0. The SMILES string of the molecule is [CH2]C1=CCCC1.[CH2]CCCCC. The smallest absolute Gasteiger partial charge is 0.0283 e. The van der Waals surface area contributed by atoms with Gasteiger partial charge in [-0.15, -0.1) is 0 Å². The van der Waals surface area contributed by atoms with Crippen LogP contribution in [0.15, 0.2) is 11.6 Å². The maximum Gasteiger partial charge on any atom is -0.0283 e. The van der Waals surface area contributed by atoms with E-state index in [0.717, 1.165) is 6.42 Å². The molecule has 2 radical (unpaired) electrons. The summed E-state index contributed by atoms with van der Waals surface area (Å²) in [6, 6.07) is 0. The second-order valence-electron chi connectivity index (χ2n) is 3.32. The predicted molar refractivity (Wildman–Crippen MR) is 56.8 cm³/mol. The lowest BCUT2D eigenvalue weighted by atomic mass is 10.2. The average Bonchev–Trinajstić information content (AvgIpc) is 2.53. The molecule has 1 aliphatic rings. The van der Waals surface area contributed by atoms with E-state index in [1.165, 1.54) is 44.1 Å². The summed E-state index contributed by atoms with van der Waals surface area (Å²) in [6.07, 6.45) is 11.1. The molecule has 0 heterocycles. The molecule has 0 atom stereocenters. The minimum absolute atomic E-state index is 1.10. The van der Waals surface area contributed by atoms with Crippen molar-refractivity contribution in [2.45, 2.75) is 51.9 Å². The summed E-state index contributed by atoms with van der Waals surface area (Å²) in [7, 11) is 0. The van der Waals surface area contributed by atoms with E-state index in [1.807, 2.05) is 0 Å². The van der Waals surface area contributed by atoms with Crippen LogP contribution in [0.4, 0.5) is 0 Å². The van der Waals surface area contributed by atoms with Gasteiger partial charge in [0.2, 0.25) is 0 Å². The number of hydrogen-bond donors (Lipinski definition) is 0. The second-order valence-corrected chi connectivity index (χ2v) is 3.32. The molecule has 0 aromatic heterocycles. The number of hydrogen-bond acceptors (Lipinski definition) is 0. The predicted octanol–water partition coefficient (Wildman–Crippen LogP) is 4.33. The molecule has 0 aromatic carbocycles. The first kappa shape index (κ1) is 11.7. The lowest BCUT2D eigenvalue weighted by molar-refractivity contribution is 0.728. The Morgan fingerprint density at radius 2 is 2.17 bits per heavy atom. The van der Waals surface area contributed by atoms with Gasteiger partial charge in [-0.05, 0) is 26.2 Å². The molecule has 0 unspecified atom stereocenters. The molecular formula is C12H22. The van der Waals surface area contributed by atoms with Gasteiger partial charge in [-0.3, -0.25) is 0 Å². The van der Waals surface area contributed by atoms with Crippen LogP contribution in [-0.4, -0.2) is 0 Å². The van der Waals surface area contributed by atoms with Gasteiger partial charge in [-0.1, -0.05) is 51.2 Å². The van der Waals surface area contributed by atoms with Crippen LogP contribution in [0.1, 0.15) is 51.9 Å². The highest BCUT2D eigenvalue weighted by Gasteiger charge is 1.95. The lowest BCUT2D eigenvalue weighted by Crippen LogP contribution is -1.66. The van der Waals surface area contributed by atoms with Gasteiger partial charge in [0, 0.05) is 0 Å². The molecule has 0 saturated heterocycles. The fraction of sp³-hybridized carbons (Fsp3) is 0.667. The zero-order chi connectivity index (χ0) is 9.23. The number of rotatable bonds is 3. The summed E-state index contributed by atoms with van der Waals surface area (Å²) in [6.45, 7) is 9.73. The second kappa shape index (κ2) is 8.83. The molecule has 1 rings (SSSR count). The van der Waals surface area contributed by atoms with Crippen LogP contribution in [0.5, 0.6) is 0 Å². The van der Waals surface area contributed by atoms with E-state index in [1.54, 1.807) is 0 Å². The van der Waals surface area contributed by atoms with Gasteiger partial charge in [0.05, 0.1) is 0 Å². The van der Waals surface area contributed by atoms with Crippen LogP contribution in [-0.2, 0) is 0 Å². The third-order valence-electron chi connectivity index (χ3n) is 1.99. The Labute approximate surface area is 78.1 Å². The molecule has 0 aromatic rings. The van der Waals surface area contributed by atoms with Gasteiger partial charge in [-0.25, -0.2) is 0 Å². The van der Waals surface area contributed by atoms with E-state index in [0.29, 0.717) is 0 Å². The van der Waals surface area contributed by atoms with Crippen molar-refractivity contribution >= 4 is 0 Å². The molecule has 0 nitrogen and oxygen atoms in total. The molecule has 0 amide bonds. The maximum absolute atomic E-state index is 3.80. The van der Waals surface area contributed by atoms with Crippen molar-refractivity contribution in [3.63, 3.8) is 0 Å². The van der Waals surface area contributed by atoms with Gasteiger partial charge in [0.15, 0.2) is 0 Å². The topological polar surface area (TPSA) is 0 Å². The minimum atomic E-state index is 1.10. The Kier molecular flexibility index (Phi) is 8.64. The fourth-order valence-corrected chi connectivity index (χ4v) is 1.16. The van der Waals surface area contributed by atoms with Crippen LogP contribution in [0.2, 0.25) is 0 Å². The molecule has 0 fully saturated rings. The van der Waals surface area contributed by atoms with Crippen LogP contribution >= 0.6 is 0 Å². The van der Waals surface area contributed by atoms with Crippen LogP contribution in [0.25, 0.3) is 0 Å². The first-order valence-corrected chi connectivity index (χ1v) is 5.11. The molecule has 12 heavy (non-hydrogen) atoms. The third kappa shape index (κ3) is 7.84. The van der Waals surface area contributed by atoms with Gasteiger partial charge in [0.1, 0.15) is 0 Å². The van der Waals surface area contributed by atoms with E-state index in [-0.39, 0.29) is 0 Å². The van der Waals surface area contributed by atoms with E-state index in [9.17, 15) is 0 Å². The third-order valence-corrected chi connectivity index (χ3v) is 1.99. The zero-order valence-corrected chi connectivity index (χ0v) is 8.44. The van der Waals surface area contributed by atoms with Crippen LogP contribution < -0.4 is 0 Å². The lowest BCUT2D eigenvalue weighted by Gasteiger charge is -1.86. The van der Waals surface area contributed by atoms with Crippen molar-refractivity contribution in [3.8, 4) is 0 Å². The molecule has 0 bridgehead atoms. The van der Waals surface area contributed by atoms with Crippen molar-refractivity contribution in [3.05, 3.63) is 25.5 Å². The van der Waals surface area contributed by atoms with Gasteiger partial charge in [0.25, 0.3) is 0 Å². The zero-order valence-electron chi connectivity index (χ0n) is 8.44. The largest absolute Gasteiger partial charge is 0.0853 e. The van der Waals surface area contributed by atoms with Gasteiger partial charge >= 0.3 is 0 Å². The summed E-state index contributed by atoms with van der Waals surface area (Å²) < 4.78 is 0. The Balaban J connectivity index is 0.000000202. The standard InChI is InChI=1S/C6H9.C6H13/c1-6-4-2-3-5-6;1-3-5-6-4-2/h4H,1-3,5H2;1,3-6H2,2H3. The quantitative estimate of drug-likeness (QED) is 0.547. The van der Waals surface area contributed by atoms with Crippen LogP contribution in [0.3, 0.4) is 0 Å². The Hall–Kier alpha value is -0.260. The first-order valence-electron chi connectivity index (χ1n) is 5.11. The van der Waals surface area contributed by atoms with Crippen molar-refractivity contribution < 1.29 is 0 Å². The first-order chi connectivity index (χ1) is 5.81. The maximum atomic E-state index is 3.80. The Morgan fingerprint density at radius 3 is 2.33 bits per heavy atom. The molecule has 1 aliphatic carbocycles. The monoisotopic (exact) mass is 166 g/mol. The van der Waals surface area contributed by atoms with Crippen molar-refractivity contribution in [1.82, 2.24) is 0 Å². The number of allylic oxidation sites excluding steroid dienone is 2. The average molecular weight is 166 g/mol. The highest BCUT2D eigenvalue weighted by molar-refractivity contribution is 5.09. The van der Waals surface area contributed by atoms with Crippen molar-refractivity contribution in [2.24, 2.45) is 0 Å². The molecule has 0 N–H and O–H groups in total. The number of unbranched alkanes of at least 4 members (excludes halogenated alkanes) is 3. The Morgan fingerprint density at radius 1 is 1.42 bits per heavy atom. The summed E-state index contributed by atoms with van der Waals surface area (Å²) in [5.41, 5.74) is 1.33. The molecule has 0 spiro atoms. The summed E-state index contributed by atoms with van der Waals surface area (Å²) >= 11 is 0. The normalized spacial score (nSPS) is 15.1. The molecule has 0 aliphatic heterocycles. The van der Waals surface area contributed by atoms with E-state index in [4.69, 9.17) is 0 Å². The van der Waals surface area contributed by atoms with Crippen LogP contribution in [0, 0.1) is 13.8 Å². The fourth-order valence-electron chi connectivity index (χ4n) is 1.16. The van der Waals surface area contributed by atoms with E-state index >= 15 is 0 Å². The van der Waals surface area contributed by atoms with E-state index in [2.05, 4.69) is 26.8 Å². The summed E-state index contributed by atoms with van der Waals surface area (Å²) in [5, 5.41) is 0. The molecule has 70 valence electrons. The minimum Gasteiger partial charge on any atom is -0.0853 e. The highest BCUT2D eigenvalue weighted by atomic mass is 14.0. The van der Waals surface area contributed by atoms with Crippen molar-refractivity contribution in [1.29, 1.82) is 0 Å². The molecule has 0 saturated carbocycles. The van der Waals surface area contributed by atoms with Gasteiger partial charge < -0.3 is 0 Å². The van der Waals surface area contributed by atoms with E-state index < -0.39 is 0 Å². The molecular weight excluding hydrogens is 144 g/mol. The molecule has 0 heteroatoms. The highest BCUT2D eigenvalue weighted by Crippen LogP contribution is 2.14. The Bertz CT molecular complexity index is 107. The van der Waals surface area contributed by atoms with Gasteiger partial charge in [-0.2, -0.15) is 0 Å². The van der Waals surface area contributed by atoms with Crippen molar-refractivity contribution in [2.75, 3.05) is 0 Å². The summed E-state index contributed by atoms with van der Waals surface area (Å²) in [5.74, 6) is 0.